The molecule has 2 N–H and O–H groups in total. The summed E-state index contributed by atoms with van der Waals surface area (Å²) in [6, 6.07) is 12.8. The lowest BCUT2D eigenvalue weighted by Crippen LogP contribution is -2.32. The van der Waals surface area contributed by atoms with Crippen LogP contribution in [0.3, 0.4) is 0 Å². The van der Waals surface area contributed by atoms with Crippen molar-refractivity contribution in [1.82, 2.24) is 15.6 Å². The smallest absolute Gasteiger partial charge is 0.251 e. The Morgan fingerprint density at radius 3 is 2.61 bits per heavy atom. The molecule has 1 amide bonds. The first kappa shape index (κ1) is 17.0. The molecule has 1 heterocycles. The molecule has 0 fully saturated rings. The van der Waals surface area contributed by atoms with Gasteiger partial charge in [0, 0.05) is 24.8 Å². The zero-order valence-corrected chi connectivity index (χ0v) is 13.4. The fourth-order valence-electron chi connectivity index (χ4n) is 2.01. The standard InChI is InChI=1S/C18H23N3O2/c1-2-10-19-12-13-21-18(22)15-6-8-17(9-7-15)23-14-16-5-3-4-11-20-16/h3-9,11,19H,2,10,12-14H2,1H3,(H,21,22). The van der Waals surface area contributed by atoms with Crippen LogP contribution >= 0.6 is 0 Å². The molecule has 0 unspecified atom stereocenters. The van der Waals surface area contributed by atoms with E-state index < -0.39 is 0 Å². The molecular formula is C18H23N3O2. The first-order valence-electron chi connectivity index (χ1n) is 7.91. The van der Waals surface area contributed by atoms with Crippen LogP contribution in [0, 0.1) is 0 Å². The minimum atomic E-state index is -0.0698. The van der Waals surface area contributed by atoms with Crippen molar-refractivity contribution in [2.24, 2.45) is 0 Å². The highest BCUT2D eigenvalue weighted by atomic mass is 16.5. The van der Waals surface area contributed by atoms with E-state index in [0.29, 0.717) is 18.7 Å². The summed E-state index contributed by atoms with van der Waals surface area (Å²) in [5.74, 6) is 0.649. The van der Waals surface area contributed by atoms with Crippen LogP contribution in [0.5, 0.6) is 5.75 Å². The summed E-state index contributed by atoms with van der Waals surface area (Å²) in [6.45, 7) is 4.90. The van der Waals surface area contributed by atoms with Gasteiger partial charge in [0.1, 0.15) is 12.4 Å². The minimum absolute atomic E-state index is 0.0698. The Hall–Kier alpha value is -2.40. The van der Waals surface area contributed by atoms with Gasteiger partial charge >= 0.3 is 0 Å². The minimum Gasteiger partial charge on any atom is -0.487 e. The Morgan fingerprint density at radius 1 is 1.09 bits per heavy atom. The lowest BCUT2D eigenvalue weighted by atomic mass is 10.2. The number of ether oxygens (including phenoxy) is 1. The van der Waals surface area contributed by atoms with E-state index in [1.54, 1.807) is 30.5 Å². The molecule has 0 atom stereocenters. The molecule has 0 radical (unpaired) electrons. The van der Waals surface area contributed by atoms with Crippen LogP contribution in [0.25, 0.3) is 0 Å². The maximum absolute atomic E-state index is 12.0. The highest BCUT2D eigenvalue weighted by molar-refractivity contribution is 5.94. The predicted molar refractivity (Wildman–Crippen MR) is 90.5 cm³/mol. The van der Waals surface area contributed by atoms with Crippen LogP contribution in [0.15, 0.2) is 48.7 Å². The first-order valence-corrected chi connectivity index (χ1v) is 7.91. The second-order valence-electron chi connectivity index (χ2n) is 5.14. The molecule has 0 aliphatic rings. The second-order valence-corrected chi connectivity index (χ2v) is 5.14. The average Bonchev–Trinajstić information content (AvgIpc) is 2.61. The molecule has 0 bridgehead atoms. The average molecular weight is 313 g/mol. The van der Waals surface area contributed by atoms with Gasteiger partial charge in [-0.15, -0.1) is 0 Å². The Bertz CT molecular complexity index is 585. The lowest BCUT2D eigenvalue weighted by Gasteiger charge is -2.08. The molecule has 5 nitrogen and oxygen atoms in total. The van der Waals surface area contributed by atoms with Gasteiger partial charge in [-0.1, -0.05) is 13.0 Å². The summed E-state index contributed by atoms with van der Waals surface area (Å²) < 4.78 is 5.65. The van der Waals surface area contributed by atoms with E-state index in [-0.39, 0.29) is 5.91 Å². The molecule has 0 spiro atoms. The number of amides is 1. The van der Waals surface area contributed by atoms with Crippen LogP contribution in [0.1, 0.15) is 29.4 Å². The van der Waals surface area contributed by atoms with Gasteiger partial charge in [-0.2, -0.15) is 0 Å². The van der Waals surface area contributed by atoms with E-state index in [4.69, 9.17) is 4.74 Å². The number of rotatable bonds is 9. The zero-order chi connectivity index (χ0) is 16.3. The molecule has 1 aromatic carbocycles. The number of carbonyl (C=O) groups excluding carboxylic acids is 1. The SMILES string of the molecule is CCCNCCNC(=O)c1ccc(OCc2ccccn2)cc1. The fourth-order valence-corrected chi connectivity index (χ4v) is 2.01. The van der Waals surface area contributed by atoms with Gasteiger partial charge < -0.3 is 15.4 Å². The number of hydrogen-bond acceptors (Lipinski definition) is 4. The molecular weight excluding hydrogens is 290 g/mol. The fraction of sp³-hybridized carbons (Fsp3) is 0.333. The van der Waals surface area contributed by atoms with Crippen molar-refractivity contribution in [3.8, 4) is 5.75 Å². The Labute approximate surface area is 137 Å². The molecule has 5 heteroatoms. The van der Waals surface area contributed by atoms with Crippen molar-refractivity contribution >= 4 is 5.91 Å². The van der Waals surface area contributed by atoms with E-state index >= 15 is 0 Å². The number of hydrogen-bond donors (Lipinski definition) is 2. The number of benzene rings is 1. The van der Waals surface area contributed by atoms with E-state index in [0.717, 1.165) is 31.0 Å². The third-order valence-corrected chi connectivity index (χ3v) is 3.24. The highest BCUT2D eigenvalue weighted by Gasteiger charge is 2.05. The summed E-state index contributed by atoms with van der Waals surface area (Å²) in [6.07, 6.45) is 2.83. The number of aromatic nitrogens is 1. The van der Waals surface area contributed by atoms with Crippen molar-refractivity contribution in [3.05, 3.63) is 59.9 Å². The summed E-state index contributed by atoms with van der Waals surface area (Å²) in [7, 11) is 0. The molecule has 0 saturated carbocycles. The lowest BCUT2D eigenvalue weighted by molar-refractivity contribution is 0.0954. The molecule has 1 aromatic heterocycles. The maximum atomic E-state index is 12.0. The predicted octanol–water partition coefficient (Wildman–Crippen LogP) is 2.39. The van der Waals surface area contributed by atoms with Crippen molar-refractivity contribution in [2.45, 2.75) is 20.0 Å². The Morgan fingerprint density at radius 2 is 1.91 bits per heavy atom. The Balaban J connectivity index is 1.76. The monoisotopic (exact) mass is 313 g/mol. The van der Waals surface area contributed by atoms with Gasteiger partial charge in [0.15, 0.2) is 0 Å². The quantitative estimate of drug-likeness (QED) is 0.698. The maximum Gasteiger partial charge on any atom is 0.251 e. The molecule has 2 rings (SSSR count). The number of pyridine rings is 1. The van der Waals surface area contributed by atoms with Crippen molar-refractivity contribution < 1.29 is 9.53 Å². The molecule has 23 heavy (non-hydrogen) atoms. The summed E-state index contributed by atoms with van der Waals surface area (Å²) >= 11 is 0. The number of carbonyl (C=O) groups is 1. The molecule has 2 aromatic rings. The highest BCUT2D eigenvalue weighted by Crippen LogP contribution is 2.13. The molecule has 0 aliphatic heterocycles. The third kappa shape index (κ3) is 6.08. The van der Waals surface area contributed by atoms with Crippen molar-refractivity contribution in [1.29, 1.82) is 0 Å². The largest absolute Gasteiger partial charge is 0.487 e. The van der Waals surface area contributed by atoms with Crippen molar-refractivity contribution in [2.75, 3.05) is 19.6 Å². The van der Waals surface area contributed by atoms with Gasteiger partial charge in [0.05, 0.1) is 5.69 Å². The van der Waals surface area contributed by atoms with Gasteiger partial charge in [-0.3, -0.25) is 9.78 Å². The van der Waals surface area contributed by atoms with Crippen LogP contribution in [-0.4, -0.2) is 30.5 Å². The third-order valence-electron chi connectivity index (χ3n) is 3.24. The van der Waals surface area contributed by atoms with E-state index in [1.165, 1.54) is 0 Å². The van der Waals surface area contributed by atoms with E-state index in [2.05, 4.69) is 22.5 Å². The number of nitrogens with one attached hydrogen (secondary N) is 2. The topological polar surface area (TPSA) is 63.2 Å². The van der Waals surface area contributed by atoms with Crippen molar-refractivity contribution in [3.63, 3.8) is 0 Å². The normalized spacial score (nSPS) is 10.3. The van der Waals surface area contributed by atoms with Crippen LogP contribution in [0.2, 0.25) is 0 Å². The van der Waals surface area contributed by atoms with Crippen LogP contribution in [0.4, 0.5) is 0 Å². The van der Waals surface area contributed by atoms with Crippen LogP contribution in [-0.2, 0) is 6.61 Å². The van der Waals surface area contributed by atoms with Gasteiger partial charge in [0.2, 0.25) is 0 Å². The van der Waals surface area contributed by atoms with Gasteiger partial charge in [-0.05, 0) is 49.4 Å². The summed E-state index contributed by atoms with van der Waals surface area (Å²) in [4.78, 5) is 16.2. The van der Waals surface area contributed by atoms with E-state index in [1.807, 2.05) is 18.2 Å². The summed E-state index contributed by atoms with van der Waals surface area (Å²) in [5.41, 5.74) is 1.50. The summed E-state index contributed by atoms with van der Waals surface area (Å²) in [5, 5.41) is 6.13. The van der Waals surface area contributed by atoms with E-state index in [9.17, 15) is 4.79 Å². The van der Waals surface area contributed by atoms with Crippen LogP contribution < -0.4 is 15.4 Å². The first-order chi connectivity index (χ1) is 11.3. The van der Waals surface area contributed by atoms with Gasteiger partial charge in [-0.25, -0.2) is 0 Å². The molecule has 0 aliphatic carbocycles. The second kappa shape index (κ2) is 9.58. The molecule has 0 saturated heterocycles. The Kier molecular flexibility index (Phi) is 7.07. The zero-order valence-electron chi connectivity index (χ0n) is 13.4. The molecule has 122 valence electrons. The number of nitrogens with zero attached hydrogens (tertiary/aromatic N) is 1. The van der Waals surface area contributed by atoms with Gasteiger partial charge in [0.25, 0.3) is 5.91 Å².